The molecule has 0 bridgehead atoms. The summed E-state index contributed by atoms with van der Waals surface area (Å²) in [5.41, 5.74) is -0.939. The zero-order valence-electron chi connectivity index (χ0n) is 11.4. The van der Waals surface area contributed by atoms with Crippen molar-refractivity contribution in [2.75, 3.05) is 0 Å². The Balaban J connectivity index is 1.94. The molecule has 20 heavy (non-hydrogen) atoms. The smallest absolute Gasteiger partial charge is 0.263 e. The van der Waals surface area contributed by atoms with Crippen molar-refractivity contribution in [2.45, 2.75) is 26.0 Å². The van der Waals surface area contributed by atoms with Crippen LogP contribution in [0, 0.1) is 0 Å². The summed E-state index contributed by atoms with van der Waals surface area (Å²) in [5.74, 6) is 0.464. The molecule has 2 aromatic rings. The molecule has 1 aromatic carbocycles. The van der Waals surface area contributed by atoms with E-state index in [-0.39, 0.29) is 5.91 Å². The van der Waals surface area contributed by atoms with Crippen molar-refractivity contribution in [1.29, 1.82) is 0 Å². The highest BCUT2D eigenvalue weighted by molar-refractivity contribution is 7.09. The summed E-state index contributed by atoms with van der Waals surface area (Å²) in [7, 11) is 0. The third-order valence-corrected chi connectivity index (χ3v) is 3.87. The van der Waals surface area contributed by atoms with Crippen molar-refractivity contribution in [3.8, 4) is 5.75 Å². The Bertz CT molecular complexity index is 564. The fourth-order valence-electron chi connectivity index (χ4n) is 1.64. The van der Waals surface area contributed by atoms with Crippen LogP contribution in [0.3, 0.4) is 0 Å². The topological polar surface area (TPSA) is 38.3 Å². The number of nitrogens with one attached hydrogen (secondary N) is 1. The van der Waals surface area contributed by atoms with E-state index in [1.165, 1.54) is 0 Å². The summed E-state index contributed by atoms with van der Waals surface area (Å²) < 4.78 is 5.72. The summed E-state index contributed by atoms with van der Waals surface area (Å²) in [5, 5.41) is 5.50. The third-order valence-electron chi connectivity index (χ3n) is 2.74. The van der Waals surface area contributed by atoms with Gasteiger partial charge in [-0.3, -0.25) is 4.79 Å². The van der Waals surface area contributed by atoms with Crippen LogP contribution in [0.1, 0.15) is 18.7 Å². The minimum Gasteiger partial charge on any atom is -0.478 e. The largest absolute Gasteiger partial charge is 0.478 e. The Morgan fingerprint density at radius 3 is 2.60 bits per heavy atom. The molecule has 5 heteroatoms. The Kier molecular flexibility index (Phi) is 4.68. The lowest BCUT2D eigenvalue weighted by molar-refractivity contribution is -0.134. The van der Waals surface area contributed by atoms with Crippen molar-refractivity contribution in [3.63, 3.8) is 0 Å². The minimum absolute atomic E-state index is 0.152. The highest BCUT2D eigenvalue weighted by atomic mass is 35.5. The fourth-order valence-corrected chi connectivity index (χ4v) is 2.41. The van der Waals surface area contributed by atoms with Crippen LogP contribution in [0.5, 0.6) is 5.75 Å². The first-order valence-electron chi connectivity index (χ1n) is 6.22. The summed E-state index contributed by atoms with van der Waals surface area (Å²) in [6, 6.07) is 10.9. The maximum absolute atomic E-state index is 12.2. The highest BCUT2D eigenvalue weighted by Crippen LogP contribution is 2.21. The van der Waals surface area contributed by atoms with Gasteiger partial charge in [0.15, 0.2) is 5.60 Å². The number of rotatable bonds is 5. The molecule has 0 saturated carbocycles. The SMILES string of the molecule is CC(C)(Oc1ccc(Cl)cc1)C(=O)NCc1cccs1. The zero-order valence-corrected chi connectivity index (χ0v) is 12.9. The standard InChI is InChI=1S/C15H16ClNO2S/c1-15(2,19-12-7-5-11(16)6-8-12)14(18)17-10-13-4-3-9-20-13/h3-9H,10H2,1-2H3,(H,17,18). The first-order valence-corrected chi connectivity index (χ1v) is 7.48. The van der Waals surface area contributed by atoms with Crippen molar-refractivity contribution in [3.05, 3.63) is 51.7 Å². The van der Waals surface area contributed by atoms with Crippen LogP contribution in [0.25, 0.3) is 0 Å². The number of hydrogen-bond acceptors (Lipinski definition) is 3. The monoisotopic (exact) mass is 309 g/mol. The van der Waals surface area contributed by atoms with Gasteiger partial charge in [0.1, 0.15) is 5.75 Å². The van der Waals surface area contributed by atoms with E-state index in [9.17, 15) is 4.79 Å². The lowest BCUT2D eigenvalue weighted by atomic mass is 10.1. The number of thiophene rings is 1. The Hall–Kier alpha value is -1.52. The second-order valence-electron chi connectivity index (χ2n) is 4.83. The summed E-state index contributed by atoms with van der Waals surface area (Å²) in [4.78, 5) is 13.3. The minimum atomic E-state index is -0.939. The fraction of sp³-hybridized carbons (Fsp3) is 0.267. The number of halogens is 1. The van der Waals surface area contributed by atoms with E-state index in [0.717, 1.165) is 4.88 Å². The van der Waals surface area contributed by atoms with E-state index in [1.54, 1.807) is 49.4 Å². The number of benzene rings is 1. The number of carbonyl (C=O) groups excluding carboxylic acids is 1. The molecular formula is C15H16ClNO2S. The predicted molar refractivity (Wildman–Crippen MR) is 82.3 cm³/mol. The molecule has 0 aliphatic heterocycles. The maximum atomic E-state index is 12.2. The highest BCUT2D eigenvalue weighted by Gasteiger charge is 2.29. The summed E-state index contributed by atoms with van der Waals surface area (Å²) in [6.45, 7) is 4.00. The van der Waals surface area contributed by atoms with Gasteiger partial charge in [0.25, 0.3) is 5.91 Å². The molecule has 1 heterocycles. The molecule has 0 unspecified atom stereocenters. The van der Waals surface area contributed by atoms with Gasteiger partial charge in [0, 0.05) is 9.90 Å². The van der Waals surface area contributed by atoms with Crippen molar-refractivity contribution in [1.82, 2.24) is 5.32 Å². The van der Waals surface area contributed by atoms with E-state index in [1.807, 2.05) is 17.5 Å². The van der Waals surface area contributed by atoms with Crippen LogP contribution in [0.2, 0.25) is 5.02 Å². The predicted octanol–water partition coefficient (Wildman–Crippen LogP) is 3.88. The molecule has 1 amide bonds. The van der Waals surface area contributed by atoms with Gasteiger partial charge in [-0.05, 0) is 49.6 Å². The number of ether oxygens (including phenoxy) is 1. The van der Waals surface area contributed by atoms with Gasteiger partial charge in [-0.2, -0.15) is 0 Å². The molecule has 1 N–H and O–H groups in total. The van der Waals surface area contributed by atoms with E-state index >= 15 is 0 Å². The first kappa shape index (κ1) is 14.9. The van der Waals surface area contributed by atoms with Crippen molar-refractivity contribution < 1.29 is 9.53 Å². The molecule has 0 aliphatic carbocycles. The van der Waals surface area contributed by atoms with E-state index in [4.69, 9.17) is 16.3 Å². The van der Waals surface area contributed by atoms with Crippen LogP contribution in [-0.2, 0) is 11.3 Å². The lowest BCUT2D eigenvalue weighted by Gasteiger charge is -2.25. The second kappa shape index (κ2) is 6.29. The van der Waals surface area contributed by atoms with E-state index in [0.29, 0.717) is 17.3 Å². The molecular weight excluding hydrogens is 294 g/mol. The summed E-state index contributed by atoms with van der Waals surface area (Å²) >= 11 is 7.43. The molecule has 106 valence electrons. The molecule has 0 aliphatic rings. The van der Waals surface area contributed by atoms with Crippen LogP contribution in [0.15, 0.2) is 41.8 Å². The lowest BCUT2D eigenvalue weighted by Crippen LogP contribution is -2.46. The third kappa shape index (κ3) is 3.99. The van der Waals surface area contributed by atoms with Gasteiger partial charge in [0.05, 0.1) is 6.54 Å². The van der Waals surface area contributed by atoms with Gasteiger partial charge < -0.3 is 10.1 Å². The van der Waals surface area contributed by atoms with Gasteiger partial charge in [0.2, 0.25) is 0 Å². The molecule has 3 nitrogen and oxygen atoms in total. The average Bonchev–Trinajstić information content (AvgIpc) is 2.91. The van der Waals surface area contributed by atoms with Gasteiger partial charge in [-0.15, -0.1) is 11.3 Å². The first-order chi connectivity index (χ1) is 9.47. The number of hydrogen-bond donors (Lipinski definition) is 1. The van der Waals surface area contributed by atoms with Crippen molar-refractivity contribution in [2.24, 2.45) is 0 Å². The van der Waals surface area contributed by atoms with Gasteiger partial charge in [-0.1, -0.05) is 17.7 Å². The number of amides is 1. The quantitative estimate of drug-likeness (QED) is 0.910. The van der Waals surface area contributed by atoms with Crippen LogP contribution < -0.4 is 10.1 Å². The molecule has 0 spiro atoms. The Labute approximate surface area is 127 Å². The Morgan fingerprint density at radius 1 is 1.30 bits per heavy atom. The van der Waals surface area contributed by atoms with E-state index in [2.05, 4.69) is 5.32 Å². The molecule has 0 saturated heterocycles. The Morgan fingerprint density at radius 2 is 2.00 bits per heavy atom. The number of carbonyl (C=O) groups is 1. The molecule has 2 rings (SSSR count). The average molecular weight is 310 g/mol. The van der Waals surface area contributed by atoms with Gasteiger partial charge in [-0.25, -0.2) is 0 Å². The summed E-state index contributed by atoms with van der Waals surface area (Å²) in [6.07, 6.45) is 0. The molecule has 0 atom stereocenters. The molecule has 1 aromatic heterocycles. The second-order valence-corrected chi connectivity index (χ2v) is 6.30. The van der Waals surface area contributed by atoms with Crippen LogP contribution in [-0.4, -0.2) is 11.5 Å². The van der Waals surface area contributed by atoms with Crippen LogP contribution >= 0.6 is 22.9 Å². The van der Waals surface area contributed by atoms with E-state index < -0.39 is 5.60 Å². The van der Waals surface area contributed by atoms with Crippen LogP contribution in [0.4, 0.5) is 0 Å². The normalized spacial score (nSPS) is 11.2. The maximum Gasteiger partial charge on any atom is 0.263 e. The van der Waals surface area contributed by atoms with Gasteiger partial charge >= 0.3 is 0 Å². The molecule has 0 fully saturated rings. The molecule has 0 radical (unpaired) electrons. The van der Waals surface area contributed by atoms with Crippen molar-refractivity contribution >= 4 is 28.8 Å². The zero-order chi connectivity index (χ0) is 14.6.